The van der Waals surface area contributed by atoms with Crippen LogP contribution in [-0.2, 0) is 17.8 Å². The maximum atomic E-state index is 12.1. The Hall–Kier alpha value is -2.66. The number of rotatable bonds is 5. The number of aryl methyl sites for hydroxylation is 1. The van der Waals surface area contributed by atoms with E-state index in [1.54, 1.807) is 28.8 Å². The number of fused-ring (bicyclic) bond motifs is 1. The summed E-state index contributed by atoms with van der Waals surface area (Å²) in [7, 11) is 0. The lowest BCUT2D eigenvalue weighted by Gasteiger charge is -2.03. The van der Waals surface area contributed by atoms with Crippen molar-refractivity contribution in [2.45, 2.75) is 26.3 Å². The van der Waals surface area contributed by atoms with Crippen LogP contribution in [0.15, 0.2) is 58.8 Å². The van der Waals surface area contributed by atoms with E-state index in [0.29, 0.717) is 17.3 Å². The van der Waals surface area contributed by atoms with Crippen molar-refractivity contribution < 1.29 is 9.90 Å². The van der Waals surface area contributed by atoms with E-state index < -0.39 is 0 Å². The quantitative estimate of drug-likeness (QED) is 0.634. The van der Waals surface area contributed by atoms with Gasteiger partial charge in [0.15, 0.2) is 5.69 Å². The van der Waals surface area contributed by atoms with Gasteiger partial charge in [-0.1, -0.05) is 48.9 Å². The summed E-state index contributed by atoms with van der Waals surface area (Å²) in [4.78, 5) is 12.1. The van der Waals surface area contributed by atoms with Crippen LogP contribution in [0, 0.1) is 0 Å². The minimum absolute atomic E-state index is 0.0334. The largest absolute Gasteiger partial charge is 0.493 e. The van der Waals surface area contributed by atoms with E-state index in [1.807, 2.05) is 31.2 Å². The number of nitrogens with zero attached hydrogens (tertiary/aromatic N) is 3. The van der Waals surface area contributed by atoms with E-state index >= 15 is 0 Å². The third kappa shape index (κ3) is 3.72. The van der Waals surface area contributed by atoms with Crippen molar-refractivity contribution in [1.82, 2.24) is 4.57 Å². The molecule has 0 saturated heterocycles. The van der Waals surface area contributed by atoms with Gasteiger partial charge in [-0.2, -0.15) is 0 Å². The molecule has 0 spiro atoms. The molecular formula is C19H18ClN3O2. The standard InChI is InChI=1S/C19H18ClN3O2/c1-2-11-23-16-6-4-3-5-15(16)18(19(23)25)22-21-17(24)12-13-7-9-14(20)10-8-13/h3-10,25H,2,11-12H2,1H3. The van der Waals surface area contributed by atoms with Gasteiger partial charge in [0.25, 0.3) is 5.91 Å². The number of hydrogen-bond acceptors (Lipinski definition) is 3. The zero-order valence-electron chi connectivity index (χ0n) is 13.8. The average Bonchev–Trinajstić information content (AvgIpc) is 2.88. The number of aromatic nitrogens is 1. The van der Waals surface area contributed by atoms with Gasteiger partial charge >= 0.3 is 0 Å². The molecule has 0 saturated carbocycles. The van der Waals surface area contributed by atoms with Crippen LogP contribution in [0.5, 0.6) is 5.88 Å². The van der Waals surface area contributed by atoms with Crippen molar-refractivity contribution in [3.63, 3.8) is 0 Å². The van der Waals surface area contributed by atoms with Gasteiger partial charge in [0.05, 0.1) is 11.9 Å². The molecule has 2 aromatic carbocycles. The fourth-order valence-electron chi connectivity index (χ4n) is 2.74. The van der Waals surface area contributed by atoms with Crippen molar-refractivity contribution in [2.24, 2.45) is 10.2 Å². The molecule has 0 aliphatic heterocycles. The highest BCUT2D eigenvalue weighted by molar-refractivity contribution is 6.30. The van der Waals surface area contributed by atoms with E-state index in [1.165, 1.54) is 0 Å². The normalized spacial score (nSPS) is 11.4. The molecule has 0 fully saturated rings. The first-order chi connectivity index (χ1) is 12.1. The van der Waals surface area contributed by atoms with Gasteiger partial charge in [0, 0.05) is 17.0 Å². The molecule has 25 heavy (non-hydrogen) atoms. The Balaban J connectivity index is 1.86. The van der Waals surface area contributed by atoms with Gasteiger partial charge in [-0.3, -0.25) is 4.79 Å². The number of carbonyl (C=O) groups excluding carboxylic acids is 1. The van der Waals surface area contributed by atoms with Crippen LogP contribution in [0.25, 0.3) is 10.9 Å². The zero-order chi connectivity index (χ0) is 17.8. The highest BCUT2D eigenvalue weighted by atomic mass is 35.5. The third-order valence-electron chi connectivity index (χ3n) is 3.89. The summed E-state index contributed by atoms with van der Waals surface area (Å²) in [5, 5.41) is 19.7. The third-order valence-corrected chi connectivity index (χ3v) is 4.15. The van der Waals surface area contributed by atoms with Crippen molar-refractivity contribution >= 4 is 34.1 Å². The van der Waals surface area contributed by atoms with Crippen LogP contribution >= 0.6 is 11.6 Å². The number of amides is 1. The Bertz CT molecular complexity index is 930. The summed E-state index contributed by atoms with van der Waals surface area (Å²) in [6, 6.07) is 14.6. The van der Waals surface area contributed by atoms with Crippen molar-refractivity contribution in [1.29, 1.82) is 0 Å². The van der Waals surface area contributed by atoms with Crippen LogP contribution < -0.4 is 0 Å². The highest BCUT2D eigenvalue weighted by Crippen LogP contribution is 2.38. The number of azo groups is 1. The molecule has 1 aromatic heterocycles. The number of carbonyl (C=O) groups is 1. The van der Waals surface area contributed by atoms with Gasteiger partial charge in [0.1, 0.15) is 0 Å². The van der Waals surface area contributed by atoms with Crippen LogP contribution in [0.4, 0.5) is 5.69 Å². The molecule has 0 aliphatic carbocycles. The first-order valence-corrected chi connectivity index (χ1v) is 8.47. The van der Waals surface area contributed by atoms with Crippen LogP contribution in [0.3, 0.4) is 0 Å². The number of benzene rings is 2. The summed E-state index contributed by atoms with van der Waals surface area (Å²) in [6.07, 6.45) is 1.01. The van der Waals surface area contributed by atoms with Crippen LogP contribution in [0.2, 0.25) is 5.02 Å². The molecule has 1 heterocycles. The summed E-state index contributed by atoms with van der Waals surface area (Å²) in [6.45, 7) is 2.70. The second kappa shape index (κ2) is 7.49. The molecule has 1 N–H and O–H groups in total. The molecule has 0 bridgehead atoms. The van der Waals surface area contributed by atoms with E-state index in [-0.39, 0.29) is 18.2 Å². The molecule has 5 nitrogen and oxygen atoms in total. The SMILES string of the molecule is CCCn1c(O)c(N=NC(=O)Cc2ccc(Cl)cc2)c2ccccc21. The number of para-hydroxylation sites is 1. The minimum atomic E-state index is -0.381. The van der Waals surface area contributed by atoms with Gasteiger partial charge in [0.2, 0.25) is 5.88 Å². The summed E-state index contributed by atoms with van der Waals surface area (Å²) in [5.41, 5.74) is 2.01. The molecule has 0 radical (unpaired) electrons. The Morgan fingerprint density at radius 1 is 1.16 bits per heavy atom. The topological polar surface area (TPSA) is 66.9 Å². The molecule has 6 heteroatoms. The second-order valence-corrected chi connectivity index (χ2v) is 6.17. The Morgan fingerprint density at radius 2 is 1.88 bits per heavy atom. The van der Waals surface area contributed by atoms with Crippen molar-refractivity contribution in [3.8, 4) is 5.88 Å². The van der Waals surface area contributed by atoms with Gasteiger partial charge in [-0.05, 0) is 30.2 Å². The van der Waals surface area contributed by atoms with Gasteiger partial charge < -0.3 is 9.67 Å². The molecule has 128 valence electrons. The molecule has 3 rings (SSSR count). The van der Waals surface area contributed by atoms with Crippen LogP contribution in [0.1, 0.15) is 18.9 Å². The van der Waals surface area contributed by atoms with E-state index in [2.05, 4.69) is 10.2 Å². The Kier molecular flexibility index (Phi) is 5.14. The van der Waals surface area contributed by atoms with Gasteiger partial charge in [-0.15, -0.1) is 10.2 Å². The highest BCUT2D eigenvalue weighted by Gasteiger charge is 2.16. The van der Waals surface area contributed by atoms with E-state index in [9.17, 15) is 9.90 Å². The first kappa shape index (κ1) is 17.2. The van der Waals surface area contributed by atoms with E-state index in [4.69, 9.17) is 11.6 Å². The summed E-state index contributed by atoms with van der Waals surface area (Å²) in [5.74, 6) is -0.347. The Morgan fingerprint density at radius 3 is 2.60 bits per heavy atom. The smallest absolute Gasteiger partial charge is 0.269 e. The number of halogens is 1. The molecule has 0 aliphatic rings. The fourth-order valence-corrected chi connectivity index (χ4v) is 2.86. The molecule has 0 unspecified atom stereocenters. The Labute approximate surface area is 150 Å². The van der Waals surface area contributed by atoms with Gasteiger partial charge in [-0.25, -0.2) is 0 Å². The fraction of sp³-hybridized carbons (Fsp3) is 0.211. The predicted octanol–water partition coefficient (Wildman–Crippen LogP) is 5.26. The summed E-state index contributed by atoms with van der Waals surface area (Å²) >= 11 is 5.83. The maximum absolute atomic E-state index is 12.1. The predicted molar refractivity (Wildman–Crippen MR) is 98.6 cm³/mol. The van der Waals surface area contributed by atoms with E-state index in [0.717, 1.165) is 22.9 Å². The average molecular weight is 356 g/mol. The lowest BCUT2D eigenvalue weighted by molar-refractivity contribution is -0.117. The molecule has 0 atom stereocenters. The number of hydrogen-bond donors (Lipinski definition) is 1. The monoisotopic (exact) mass is 355 g/mol. The maximum Gasteiger partial charge on any atom is 0.269 e. The molecule has 3 aromatic rings. The first-order valence-electron chi connectivity index (χ1n) is 8.09. The number of aromatic hydroxyl groups is 1. The summed E-state index contributed by atoms with van der Waals surface area (Å²) < 4.78 is 1.79. The van der Waals surface area contributed by atoms with Crippen molar-refractivity contribution in [2.75, 3.05) is 0 Å². The minimum Gasteiger partial charge on any atom is -0.493 e. The lowest BCUT2D eigenvalue weighted by atomic mass is 10.1. The molecular weight excluding hydrogens is 338 g/mol. The second-order valence-electron chi connectivity index (χ2n) is 5.74. The van der Waals surface area contributed by atoms with Crippen LogP contribution in [-0.4, -0.2) is 15.6 Å². The lowest BCUT2D eigenvalue weighted by Crippen LogP contribution is -1.97. The zero-order valence-corrected chi connectivity index (χ0v) is 14.6. The van der Waals surface area contributed by atoms with Crippen molar-refractivity contribution in [3.05, 3.63) is 59.1 Å². The molecule has 1 amide bonds.